The highest BCUT2D eigenvalue weighted by atomic mass is 14.5. The van der Waals surface area contributed by atoms with Crippen LogP contribution in [-0.2, 0) is 0 Å². The van der Waals surface area contributed by atoms with Crippen molar-refractivity contribution in [3.63, 3.8) is 0 Å². The second kappa shape index (κ2) is 4.27. The van der Waals surface area contributed by atoms with E-state index in [1.807, 2.05) is 0 Å². The Labute approximate surface area is 74.6 Å². The van der Waals surface area contributed by atoms with E-state index < -0.39 is 0 Å². The SMILES string of the molecule is CCC(CN)c1ccccc1C. The van der Waals surface area contributed by atoms with Crippen LogP contribution in [0.5, 0.6) is 0 Å². The zero-order valence-corrected chi connectivity index (χ0v) is 7.88. The van der Waals surface area contributed by atoms with Crippen molar-refractivity contribution in [2.75, 3.05) is 6.54 Å². The third-order valence-electron chi connectivity index (χ3n) is 2.41. The van der Waals surface area contributed by atoms with Gasteiger partial charge in [0.05, 0.1) is 0 Å². The molecule has 0 aromatic heterocycles. The molecular weight excluding hydrogens is 146 g/mol. The molecule has 0 saturated carbocycles. The third kappa shape index (κ3) is 1.86. The molecular formula is C11H17N. The Morgan fingerprint density at radius 3 is 2.50 bits per heavy atom. The lowest BCUT2D eigenvalue weighted by Gasteiger charge is -2.14. The topological polar surface area (TPSA) is 26.0 Å². The summed E-state index contributed by atoms with van der Waals surface area (Å²) in [6.45, 7) is 5.08. The van der Waals surface area contributed by atoms with Crippen molar-refractivity contribution >= 4 is 0 Å². The predicted molar refractivity (Wildman–Crippen MR) is 53.3 cm³/mol. The van der Waals surface area contributed by atoms with Crippen LogP contribution in [0.1, 0.15) is 30.4 Å². The molecule has 1 aromatic rings. The third-order valence-corrected chi connectivity index (χ3v) is 2.41. The highest BCUT2D eigenvalue weighted by Gasteiger charge is 2.08. The first-order valence-electron chi connectivity index (χ1n) is 4.55. The highest BCUT2D eigenvalue weighted by Crippen LogP contribution is 2.21. The lowest BCUT2D eigenvalue weighted by Crippen LogP contribution is -2.12. The van der Waals surface area contributed by atoms with Gasteiger partial charge in [-0.1, -0.05) is 31.2 Å². The molecule has 0 amide bonds. The van der Waals surface area contributed by atoms with Gasteiger partial charge < -0.3 is 5.73 Å². The van der Waals surface area contributed by atoms with Gasteiger partial charge in [-0.2, -0.15) is 0 Å². The smallest absolute Gasteiger partial charge is 0.000824 e. The minimum atomic E-state index is 0.534. The summed E-state index contributed by atoms with van der Waals surface area (Å²) in [5.74, 6) is 0.534. The molecule has 0 aliphatic heterocycles. The Kier molecular flexibility index (Phi) is 3.30. The molecule has 0 aliphatic carbocycles. The van der Waals surface area contributed by atoms with Crippen molar-refractivity contribution in [1.82, 2.24) is 0 Å². The van der Waals surface area contributed by atoms with Gasteiger partial charge in [-0.05, 0) is 36.9 Å². The minimum absolute atomic E-state index is 0.534. The number of rotatable bonds is 3. The Bertz CT molecular complexity index is 239. The molecule has 2 N–H and O–H groups in total. The van der Waals surface area contributed by atoms with Gasteiger partial charge in [-0.3, -0.25) is 0 Å². The molecule has 0 saturated heterocycles. The highest BCUT2D eigenvalue weighted by molar-refractivity contribution is 5.29. The van der Waals surface area contributed by atoms with Crippen molar-refractivity contribution in [3.05, 3.63) is 35.4 Å². The fraction of sp³-hybridized carbons (Fsp3) is 0.455. The van der Waals surface area contributed by atoms with Crippen LogP contribution >= 0.6 is 0 Å². The summed E-state index contributed by atoms with van der Waals surface area (Å²) >= 11 is 0. The maximum atomic E-state index is 5.68. The fourth-order valence-electron chi connectivity index (χ4n) is 1.56. The van der Waals surface area contributed by atoms with E-state index in [0.717, 1.165) is 13.0 Å². The van der Waals surface area contributed by atoms with Gasteiger partial charge in [-0.15, -0.1) is 0 Å². The lowest BCUT2D eigenvalue weighted by molar-refractivity contribution is 0.670. The average Bonchev–Trinajstić information content (AvgIpc) is 2.10. The summed E-state index contributed by atoms with van der Waals surface area (Å²) in [6, 6.07) is 8.48. The van der Waals surface area contributed by atoms with E-state index in [9.17, 15) is 0 Å². The van der Waals surface area contributed by atoms with Crippen LogP contribution in [0, 0.1) is 6.92 Å². The van der Waals surface area contributed by atoms with E-state index in [4.69, 9.17) is 5.73 Å². The first kappa shape index (κ1) is 9.27. The largest absolute Gasteiger partial charge is 0.330 e. The van der Waals surface area contributed by atoms with E-state index in [2.05, 4.69) is 38.1 Å². The Morgan fingerprint density at radius 2 is 2.00 bits per heavy atom. The number of aryl methyl sites for hydroxylation is 1. The molecule has 0 bridgehead atoms. The number of hydrogen-bond acceptors (Lipinski definition) is 1. The summed E-state index contributed by atoms with van der Waals surface area (Å²) in [4.78, 5) is 0. The van der Waals surface area contributed by atoms with Crippen LogP contribution in [0.2, 0.25) is 0 Å². The molecule has 0 radical (unpaired) electrons. The molecule has 1 aromatic carbocycles. The van der Waals surface area contributed by atoms with Crippen molar-refractivity contribution in [1.29, 1.82) is 0 Å². The maximum Gasteiger partial charge on any atom is -0.000824 e. The Morgan fingerprint density at radius 1 is 1.33 bits per heavy atom. The number of benzene rings is 1. The number of hydrogen-bond donors (Lipinski definition) is 1. The van der Waals surface area contributed by atoms with Crippen molar-refractivity contribution in [2.24, 2.45) is 5.73 Å². The van der Waals surface area contributed by atoms with Gasteiger partial charge in [0.15, 0.2) is 0 Å². The maximum absolute atomic E-state index is 5.68. The van der Waals surface area contributed by atoms with Crippen molar-refractivity contribution in [3.8, 4) is 0 Å². The molecule has 1 unspecified atom stereocenters. The van der Waals surface area contributed by atoms with Crippen LogP contribution in [0.3, 0.4) is 0 Å². The van der Waals surface area contributed by atoms with Crippen LogP contribution in [-0.4, -0.2) is 6.54 Å². The normalized spacial score (nSPS) is 12.9. The summed E-state index contributed by atoms with van der Waals surface area (Å²) in [5.41, 5.74) is 8.45. The number of nitrogens with two attached hydrogens (primary N) is 1. The molecule has 1 heteroatoms. The molecule has 0 spiro atoms. The predicted octanol–water partition coefficient (Wildman–Crippen LogP) is 2.45. The van der Waals surface area contributed by atoms with Crippen LogP contribution in [0.4, 0.5) is 0 Å². The van der Waals surface area contributed by atoms with E-state index in [0.29, 0.717) is 5.92 Å². The van der Waals surface area contributed by atoms with E-state index in [-0.39, 0.29) is 0 Å². The molecule has 1 atom stereocenters. The summed E-state index contributed by atoms with van der Waals surface area (Å²) < 4.78 is 0. The Hall–Kier alpha value is -0.820. The Balaban J connectivity index is 2.92. The lowest BCUT2D eigenvalue weighted by atomic mass is 9.93. The first-order valence-corrected chi connectivity index (χ1v) is 4.55. The molecule has 0 fully saturated rings. The van der Waals surface area contributed by atoms with Crippen LogP contribution in [0.25, 0.3) is 0 Å². The van der Waals surface area contributed by atoms with Gasteiger partial charge in [0, 0.05) is 0 Å². The van der Waals surface area contributed by atoms with Gasteiger partial charge in [0.1, 0.15) is 0 Å². The van der Waals surface area contributed by atoms with Crippen LogP contribution < -0.4 is 5.73 Å². The second-order valence-corrected chi connectivity index (χ2v) is 3.20. The molecule has 1 rings (SSSR count). The van der Waals surface area contributed by atoms with Crippen LogP contribution in [0.15, 0.2) is 24.3 Å². The van der Waals surface area contributed by atoms with Gasteiger partial charge in [0.25, 0.3) is 0 Å². The monoisotopic (exact) mass is 163 g/mol. The summed E-state index contributed by atoms with van der Waals surface area (Å²) in [5, 5.41) is 0. The summed E-state index contributed by atoms with van der Waals surface area (Å²) in [6.07, 6.45) is 1.13. The first-order chi connectivity index (χ1) is 5.79. The van der Waals surface area contributed by atoms with Crippen molar-refractivity contribution in [2.45, 2.75) is 26.2 Å². The van der Waals surface area contributed by atoms with E-state index >= 15 is 0 Å². The quantitative estimate of drug-likeness (QED) is 0.727. The van der Waals surface area contributed by atoms with E-state index in [1.165, 1.54) is 11.1 Å². The zero-order chi connectivity index (χ0) is 8.97. The van der Waals surface area contributed by atoms with Crippen molar-refractivity contribution < 1.29 is 0 Å². The minimum Gasteiger partial charge on any atom is -0.330 e. The summed E-state index contributed by atoms with van der Waals surface area (Å²) in [7, 11) is 0. The second-order valence-electron chi connectivity index (χ2n) is 3.20. The molecule has 1 nitrogen and oxygen atoms in total. The molecule has 66 valence electrons. The molecule has 0 aliphatic rings. The van der Waals surface area contributed by atoms with Gasteiger partial charge in [-0.25, -0.2) is 0 Å². The van der Waals surface area contributed by atoms with Gasteiger partial charge in [0.2, 0.25) is 0 Å². The molecule has 0 heterocycles. The fourth-order valence-corrected chi connectivity index (χ4v) is 1.56. The van der Waals surface area contributed by atoms with E-state index in [1.54, 1.807) is 0 Å². The zero-order valence-electron chi connectivity index (χ0n) is 7.88. The molecule has 12 heavy (non-hydrogen) atoms. The van der Waals surface area contributed by atoms with Gasteiger partial charge >= 0.3 is 0 Å². The average molecular weight is 163 g/mol. The standard InChI is InChI=1S/C11H17N/c1-3-10(8-12)11-7-5-4-6-9(11)2/h4-7,10H,3,8,12H2,1-2H3.